The summed E-state index contributed by atoms with van der Waals surface area (Å²) in [5.74, 6) is 0.620. The lowest BCUT2D eigenvalue weighted by Gasteiger charge is -2.11. The van der Waals surface area contributed by atoms with E-state index in [1.807, 2.05) is 55.5 Å². The molecular weight excluding hydrogens is 356 g/mol. The number of ether oxygens (including phenoxy) is 1. The Morgan fingerprint density at radius 1 is 1.22 bits per heavy atom. The lowest BCUT2D eigenvalue weighted by Crippen LogP contribution is -2.21. The van der Waals surface area contributed by atoms with Crippen molar-refractivity contribution in [3.8, 4) is 5.75 Å². The van der Waals surface area contributed by atoms with Crippen molar-refractivity contribution >= 4 is 33.2 Å². The molecule has 0 fully saturated rings. The number of para-hydroxylation sites is 1. The van der Waals surface area contributed by atoms with Gasteiger partial charge in [0.15, 0.2) is 0 Å². The molecule has 2 N–H and O–H groups in total. The fourth-order valence-corrected chi connectivity index (χ4v) is 2.23. The highest BCUT2D eigenvalue weighted by Crippen LogP contribution is 2.21. The number of benzene rings is 2. The van der Waals surface area contributed by atoms with Crippen molar-refractivity contribution in [2.45, 2.75) is 6.92 Å². The number of nitrogens with one attached hydrogen (secondary N) is 2. The Morgan fingerprint density at radius 2 is 2.00 bits per heavy atom. The average Bonchev–Trinajstić information content (AvgIpc) is 2.54. The molecule has 0 spiro atoms. The van der Waals surface area contributed by atoms with E-state index < -0.39 is 0 Å². The van der Waals surface area contributed by atoms with Gasteiger partial charge in [-0.25, -0.2) is 0 Å². The molecule has 2 rings (SSSR count). The van der Waals surface area contributed by atoms with E-state index >= 15 is 0 Å². The van der Waals surface area contributed by atoms with Crippen LogP contribution in [-0.2, 0) is 4.79 Å². The Morgan fingerprint density at radius 3 is 2.74 bits per heavy atom. The van der Waals surface area contributed by atoms with E-state index in [1.54, 1.807) is 0 Å². The second-order valence-corrected chi connectivity index (χ2v) is 6.01. The van der Waals surface area contributed by atoms with E-state index in [1.165, 1.54) is 0 Å². The Hall–Kier alpha value is -2.27. The van der Waals surface area contributed by atoms with Gasteiger partial charge in [0.25, 0.3) is 0 Å². The van der Waals surface area contributed by atoms with Crippen LogP contribution >= 0.6 is 15.9 Å². The van der Waals surface area contributed by atoms with Gasteiger partial charge in [-0.05, 0) is 52.7 Å². The second-order valence-electron chi connectivity index (χ2n) is 5.16. The van der Waals surface area contributed by atoms with Gasteiger partial charge in [-0.1, -0.05) is 24.8 Å². The maximum absolute atomic E-state index is 12.0. The molecule has 2 aromatic carbocycles. The number of carbonyl (C=O) groups excluding carboxylic acids is 1. The van der Waals surface area contributed by atoms with Gasteiger partial charge in [-0.15, -0.1) is 0 Å². The van der Waals surface area contributed by atoms with Crippen LogP contribution < -0.4 is 15.4 Å². The third-order valence-electron chi connectivity index (χ3n) is 2.92. The van der Waals surface area contributed by atoms with Gasteiger partial charge in [-0.2, -0.15) is 0 Å². The summed E-state index contributed by atoms with van der Waals surface area (Å²) in [6.07, 6.45) is 0. The minimum atomic E-state index is -0.120. The normalized spacial score (nSPS) is 10.0. The largest absolute Gasteiger partial charge is 0.489 e. The molecule has 2 aromatic rings. The fourth-order valence-electron chi connectivity index (χ4n) is 1.84. The van der Waals surface area contributed by atoms with Gasteiger partial charge in [-0.3, -0.25) is 4.79 Å². The highest BCUT2D eigenvalue weighted by molar-refractivity contribution is 9.10. The SMILES string of the molecule is C=C(C)COc1cccc(NCC(=O)Nc2ccccc2Br)c1. The molecule has 0 atom stereocenters. The minimum absolute atomic E-state index is 0.120. The molecule has 120 valence electrons. The number of hydrogen-bond acceptors (Lipinski definition) is 3. The van der Waals surface area contributed by atoms with Gasteiger partial charge >= 0.3 is 0 Å². The van der Waals surface area contributed by atoms with E-state index in [9.17, 15) is 4.79 Å². The zero-order valence-electron chi connectivity index (χ0n) is 12.9. The zero-order valence-corrected chi connectivity index (χ0v) is 14.5. The first kappa shape index (κ1) is 17.1. The summed E-state index contributed by atoms with van der Waals surface area (Å²) in [5.41, 5.74) is 2.53. The average molecular weight is 375 g/mol. The van der Waals surface area contributed by atoms with Crippen LogP contribution in [0.5, 0.6) is 5.75 Å². The number of hydrogen-bond donors (Lipinski definition) is 2. The van der Waals surface area contributed by atoms with Gasteiger partial charge in [0.05, 0.1) is 12.2 Å². The van der Waals surface area contributed by atoms with Crippen molar-refractivity contribution in [1.82, 2.24) is 0 Å². The summed E-state index contributed by atoms with van der Waals surface area (Å²) < 4.78 is 6.43. The van der Waals surface area contributed by atoms with Gasteiger partial charge in [0.2, 0.25) is 5.91 Å². The second kappa shape index (κ2) is 8.39. The molecule has 0 aliphatic heterocycles. The summed E-state index contributed by atoms with van der Waals surface area (Å²) in [7, 11) is 0. The number of anilines is 2. The first-order valence-electron chi connectivity index (χ1n) is 7.20. The van der Waals surface area contributed by atoms with Crippen LogP contribution in [0.3, 0.4) is 0 Å². The number of carbonyl (C=O) groups is 1. The molecule has 0 aliphatic carbocycles. The lowest BCUT2D eigenvalue weighted by atomic mass is 10.3. The molecule has 0 heterocycles. The van der Waals surface area contributed by atoms with E-state index in [4.69, 9.17) is 4.74 Å². The monoisotopic (exact) mass is 374 g/mol. The summed E-state index contributed by atoms with van der Waals surface area (Å²) in [5, 5.41) is 5.93. The number of rotatable bonds is 7. The highest BCUT2D eigenvalue weighted by atomic mass is 79.9. The molecular formula is C18H19BrN2O2. The van der Waals surface area contributed by atoms with Crippen LogP contribution in [0.4, 0.5) is 11.4 Å². The Kier molecular flexibility index (Phi) is 6.23. The van der Waals surface area contributed by atoms with Crippen LogP contribution in [0.15, 0.2) is 65.2 Å². The van der Waals surface area contributed by atoms with Gasteiger partial charge in [0.1, 0.15) is 12.4 Å². The maximum Gasteiger partial charge on any atom is 0.243 e. The molecule has 0 saturated heterocycles. The van der Waals surface area contributed by atoms with E-state index in [-0.39, 0.29) is 12.5 Å². The van der Waals surface area contributed by atoms with Gasteiger partial charge < -0.3 is 15.4 Å². The van der Waals surface area contributed by atoms with Crippen molar-refractivity contribution in [3.05, 3.63) is 65.2 Å². The molecule has 23 heavy (non-hydrogen) atoms. The molecule has 0 saturated carbocycles. The predicted octanol–water partition coefficient (Wildman–Crippen LogP) is 4.45. The van der Waals surface area contributed by atoms with E-state index in [0.29, 0.717) is 6.61 Å². The third-order valence-corrected chi connectivity index (χ3v) is 3.61. The molecule has 0 bridgehead atoms. The molecule has 0 unspecified atom stereocenters. The molecule has 0 radical (unpaired) electrons. The van der Waals surface area contributed by atoms with Crippen LogP contribution in [0.25, 0.3) is 0 Å². The molecule has 1 amide bonds. The number of halogens is 1. The van der Waals surface area contributed by atoms with Crippen molar-refractivity contribution < 1.29 is 9.53 Å². The van der Waals surface area contributed by atoms with Crippen LogP contribution in [0.2, 0.25) is 0 Å². The Bertz CT molecular complexity index is 701. The number of amides is 1. The summed E-state index contributed by atoms with van der Waals surface area (Å²) in [6.45, 7) is 6.36. The van der Waals surface area contributed by atoms with Crippen LogP contribution in [-0.4, -0.2) is 19.1 Å². The minimum Gasteiger partial charge on any atom is -0.489 e. The summed E-state index contributed by atoms with van der Waals surface area (Å²) in [6, 6.07) is 15.0. The van der Waals surface area contributed by atoms with E-state index in [2.05, 4.69) is 33.1 Å². The standard InChI is InChI=1S/C18H19BrN2O2/c1-13(2)12-23-15-7-5-6-14(10-15)20-11-18(22)21-17-9-4-3-8-16(17)19/h3-10,20H,1,11-12H2,2H3,(H,21,22). The van der Waals surface area contributed by atoms with Gasteiger partial charge in [0, 0.05) is 16.2 Å². The smallest absolute Gasteiger partial charge is 0.243 e. The van der Waals surface area contributed by atoms with Crippen molar-refractivity contribution in [3.63, 3.8) is 0 Å². The highest BCUT2D eigenvalue weighted by Gasteiger charge is 2.05. The topological polar surface area (TPSA) is 50.4 Å². The third kappa shape index (κ3) is 5.79. The van der Waals surface area contributed by atoms with Crippen LogP contribution in [0, 0.1) is 0 Å². The zero-order chi connectivity index (χ0) is 16.7. The first-order valence-corrected chi connectivity index (χ1v) is 7.99. The summed E-state index contributed by atoms with van der Waals surface area (Å²) in [4.78, 5) is 12.0. The Labute approximate surface area is 144 Å². The predicted molar refractivity (Wildman–Crippen MR) is 98.0 cm³/mol. The quantitative estimate of drug-likeness (QED) is 0.703. The molecule has 4 nitrogen and oxygen atoms in total. The van der Waals surface area contributed by atoms with E-state index in [0.717, 1.165) is 27.2 Å². The maximum atomic E-state index is 12.0. The Balaban J connectivity index is 1.88. The summed E-state index contributed by atoms with van der Waals surface area (Å²) >= 11 is 3.40. The van der Waals surface area contributed by atoms with Crippen molar-refractivity contribution in [2.24, 2.45) is 0 Å². The van der Waals surface area contributed by atoms with Crippen LogP contribution in [0.1, 0.15) is 6.92 Å². The fraction of sp³-hybridized carbons (Fsp3) is 0.167. The molecule has 5 heteroatoms. The van der Waals surface area contributed by atoms with Crippen molar-refractivity contribution in [1.29, 1.82) is 0 Å². The van der Waals surface area contributed by atoms with Crippen molar-refractivity contribution in [2.75, 3.05) is 23.8 Å². The molecule has 0 aliphatic rings. The first-order chi connectivity index (χ1) is 11.0. The lowest BCUT2D eigenvalue weighted by molar-refractivity contribution is -0.114. The molecule has 0 aromatic heterocycles.